The molecule has 0 fully saturated rings. The van der Waals surface area contributed by atoms with Gasteiger partial charge in [-0.3, -0.25) is 0 Å². The van der Waals surface area contributed by atoms with E-state index in [4.69, 9.17) is 15.2 Å². The maximum Gasteiger partial charge on any atom is 0.317 e. The molecule has 6 nitrogen and oxygen atoms in total. The van der Waals surface area contributed by atoms with Gasteiger partial charge in [0.25, 0.3) is 0 Å². The summed E-state index contributed by atoms with van der Waals surface area (Å²) in [7, 11) is 1.56. The highest BCUT2D eigenvalue weighted by Gasteiger charge is 2.08. The number of ether oxygens (including phenoxy) is 2. The fourth-order valence-corrected chi connectivity index (χ4v) is 1.81. The van der Waals surface area contributed by atoms with Gasteiger partial charge in [0.2, 0.25) is 0 Å². The van der Waals surface area contributed by atoms with Crippen LogP contribution in [0.3, 0.4) is 0 Å². The molecule has 0 aliphatic rings. The minimum Gasteiger partial charge on any atom is -0.457 e. The molecule has 0 unspecified atom stereocenters. The summed E-state index contributed by atoms with van der Waals surface area (Å²) in [5, 5.41) is 2.68. The molecule has 1 aromatic carbocycles. The lowest BCUT2D eigenvalue weighted by molar-refractivity contribution is 0.180. The van der Waals surface area contributed by atoms with Crippen molar-refractivity contribution < 1.29 is 18.3 Å². The molecule has 0 saturated heterocycles. The number of aromatic nitrogens is 2. The van der Waals surface area contributed by atoms with Crippen LogP contribution in [0.1, 0.15) is 11.3 Å². The molecule has 1 aromatic heterocycles. The molecule has 0 atom stereocenters. The van der Waals surface area contributed by atoms with Crippen molar-refractivity contribution in [1.29, 1.82) is 0 Å². The number of anilines is 1. The molecule has 0 bridgehead atoms. The molecule has 2 aromatic rings. The van der Waals surface area contributed by atoms with Gasteiger partial charge in [0, 0.05) is 25.1 Å². The van der Waals surface area contributed by atoms with Gasteiger partial charge in [-0.1, -0.05) is 0 Å². The highest BCUT2D eigenvalue weighted by molar-refractivity contribution is 5.50. The van der Waals surface area contributed by atoms with Crippen LogP contribution in [0.15, 0.2) is 36.3 Å². The predicted molar refractivity (Wildman–Crippen MR) is 85.2 cm³/mol. The van der Waals surface area contributed by atoms with Crippen LogP contribution in [-0.2, 0) is 11.3 Å². The summed E-state index contributed by atoms with van der Waals surface area (Å²) >= 11 is 0. The molecule has 24 heavy (non-hydrogen) atoms. The summed E-state index contributed by atoms with van der Waals surface area (Å²) in [6.45, 7) is 1.70. The molecule has 3 N–H and O–H groups in total. The Morgan fingerprint density at radius 3 is 2.88 bits per heavy atom. The second-order valence-corrected chi connectivity index (χ2v) is 4.95. The molecule has 0 aliphatic carbocycles. The van der Waals surface area contributed by atoms with Crippen molar-refractivity contribution >= 4 is 5.69 Å². The molecule has 8 heteroatoms. The third-order valence-electron chi connectivity index (χ3n) is 3.08. The second kappa shape index (κ2) is 8.21. The summed E-state index contributed by atoms with van der Waals surface area (Å²) < 4.78 is 37.4. The van der Waals surface area contributed by atoms with Crippen molar-refractivity contribution in [1.82, 2.24) is 9.97 Å². The number of nitrogens with one attached hydrogen (secondary N) is 1. The number of nitrogens with zero attached hydrogens (tertiary/aromatic N) is 2. The number of hydrogen-bond acceptors (Lipinski definition) is 6. The monoisotopic (exact) mass is 336 g/mol. The highest BCUT2D eigenvalue weighted by atomic mass is 19.1. The first kappa shape index (κ1) is 17.6. The van der Waals surface area contributed by atoms with Gasteiger partial charge in [0.05, 0.1) is 23.7 Å². The Morgan fingerprint density at radius 2 is 2.12 bits per heavy atom. The van der Waals surface area contributed by atoms with Crippen LogP contribution in [0, 0.1) is 18.6 Å². The maximum atomic E-state index is 13.8. The number of halogens is 2. The van der Waals surface area contributed by atoms with Crippen LogP contribution in [0.5, 0.6) is 6.01 Å². The van der Waals surface area contributed by atoms with Crippen molar-refractivity contribution in [2.75, 3.05) is 19.0 Å². The Hall–Kier alpha value is -2.74. The molecule has 1 heterocycles. The van der Waals surface area contributed by atoms with Crippen LogP contribution < -0.4 is 15.8 Å². The summed E-state index contributed by atoms with van der Waals surface area (Å²) in [5.41, 5.74) is 6.80. The zero-order valence-corrected chi connectivity index (χ0v) is 13.3. The predicted octanol–water partition coefficient (Wildman–Crippen LogP) is 2.50. The van der Waals surface area contributed by atoms with E-state index in [1.807, 2.05) is 0 Å². The van der Waals surface area contributed by atoms with E-state index in [-0.39, 0.29) is 29.6 Å². The maximum absolute atomic E-state index is 13.8. The number of benzene rings is 1. The zero-order chi connectivity index (χ0) is 17.5. The Bertz CT molecular complexity index is 738. The highest BCUT2D eigenvalue weighted by Crippen LogP contribution is 2.20. The molecule has 0 spiro atoms. The van der Waals surface area contributed by atoms with Gasteiger partial charge in [-0.2, -0.15) is 4.98 Å². The summed E-state index contributed by atoms with van der Waals surface area (Å²) in [5.74, 6) is -1.28. The van der Waals surface area contributed by atoms with E-state index in [9.17, 15) is 8.78 Å². The van der Waals surface area contributed by atoms with E-state index in [0.29, 0.717) is 12.3 Å². The Labute approximate surface area is 138 Å². The minimum atomic E-state index is -0.671. The average molecular weight is 336 g/mol. The molecule has 2 rings (SSSR count). The van der Waals surface area contributed by atoms with Crippen LogP contribution in [0.25, 0.3) is 0 Å². The summed E-state index contributed by atoms with van der Waals surface area (Å²) in [6.07, 6.45) is 2.92. The van der Waals surface area contributed by atoms with Gasteiger partial charge in [0.1, 0.15) is 12.4 Å². The standard InChI is InChI=1S/C16H18F2N4O2/c1-10-13(17)3-4-14(15(10)18)21-7-11(19)8-24-16-20-6-5-12(22-16)9-23-2/h3-7,21H,8-9,19H2,1-2H3/b11-7-. The van der Waals surface area contributed by atoms with Crippen LogP contribution >= 0.6 is 0 Å². The lowest BCUT2D eigenvalue weighted by Crippen LogP contribution is -2.13. The first-order valence-corrected chi connectivity index (χ1v) is 7.10. The third-order valence-corrected chi connectivity index (χ3v) is 3.08. The van der Waals surface area contributed by atoms with E-state index >= 15 is 0 Å². The Kier molecular flexibility index (Phi) is 6.02. The van der Waals surface area contributed by atoms with Crippen molar-refractivity contribution in [2.45, 2.75) is 13.5 Å². The quantitative estimate of drug-likeness (QED) is 0.808. The average Bonchev–Trinajstić information content (AvgIpc) is 2.58. The van der Waals surface area contributed by atoms with Crippen molar-refractivity contribution in [3.05, 3.63) is 59.2 Å². The van der Waals surface area contributed by atoms with Crippen molar-refractivity contribution in [2.24, 2.45) is 5.73 Å². The zero-order valence-electron chi connectivity index (χ0n) is 13.3. The van der Waals surface area contributed by atoms with Crippen molar-refractivity contribution in [3.63, 3.8) is 0 Å². The van der Waals surface area contributed by atoms with Crippen molar-refractivity contribution in [3.8, 4) is 6.01 Å². The molecular formula is C16H18F2N4O2. The van der Waals surface area contributed by atoms with Gasteiger partial charge in [-0.15, -0.1) is 0 Å². The number of hydrogen-bond donors (Lipinski definition) is 2. The number of nitrogens with two attached hydrogens (primary N) is 1. The smallest absolute Gasteiger partial charge is 0.317 e. The minimum absolute atomic E-state index is 0.00519. The topological polar surface area (TPSA) is 82.3 Å². The van der Waals surface area contributed by atoms with E-state index in [1.54, 1.807) is 19.4 Å². The fourth-order valence-electron chi connectivity index (χ4n) is 1.81. The van der Waals surface area contributed by atoms with E-state index < -0.39 is 11.6 Å². The first-order valence-electron chi connectivity index (χ1n) is 7.10. The lowest BCUT2D eigenvalue weighted by Gasteiger charge is -2.08. The Balaban J connectivity index is 1.95. The van der Waals surface area contributed by atoms with Gasteiger partial charge in [-0.25, -0.2) is 13.8 Å². The fraction of sp³-hybridized carbons (Fsp3) is 0.250. The first-order chi connectivity index (χ1) is 11.5. The normalized spacial score (nSPS) is 11.4. The second-order valence-electron chi connectivity index (χ2n) is 4.95. The molecular weight excluding hydrogens is 318 g/mol. The van der Waals surface area contributed by atoms with Gasteiger partial charge in [-0.05, 0) is 25.1 Å². The van der Waals surface area contributed by atoms with Gasteiger partial charge in [0.15, 0.2) is 5.82 Å². The molecule has 0 radical (unpaired) electrons. The Morgan fingerprint density at radius 1 is 1.33 bits per heavy atom. The molecule has 0 aliphatic heterocycles. The molecule has 0 saturated carbocycles. The van der Waals surface area contributed by atoms with Crippen LogP contribution in [-0.4, -0.2) is 23.7 Å². The largest absolute Gasteiger partial charge is 0.457 e. The number of rotatable bonds is 7. The molecule has 0 amide bonds. The van der Waals surface area contributed by atoms with Gasteiger partial charge >= 0.3 is 6.01 Å². The van der Waals surface area contributed by atoms with E-state index in [1.165, 1.54) is 25.3 Å². The van der Waals surface area contributed by atoms with Crippen LogP contribution in [0.4, 0.5) is 14.5 Å². The van der Waals surface area contributed by atoms with E-state index in [0.717, 1.165) is 0 Å². The van der Waals surface area contributed by atoms with E-state index in [2.05, 4.69) is 15.3 Å². The molecule has 128 valence electrons. The summed E-state index contributed by atoms with van der Waals surface area (Å²) in [4.78, 5) is 8.08. The third kappa shape index (κ3) is 4.63. The van der Waals surface area contributed by atoms with Crippen LogP contribution in [0.2, 0.25) is 0 Å². The summed E-state index contributed by atoms with van der Waals surface area (Å²) in [6, 6.07) is 4.33. The number of methoxy groups -OCH3 is 1. The van der Waals surface area contributed by atoms with Gasteiger partial charge < -0.3 is 20.5 Å². The SMILES string of the molecule is COCc1ccnc(OC/C(N)=C/Nc2ccc(F)c(C)c2F)n1. The lowest BCUT2D eigenvalue weighted by atomic mass is 10.2.